The van der Waals surface area contributed by atoms with E-state index in [2.05, 4.69) is 5.32 Å². The number of nitrogens with zero attached hydrogens (tertiary/aromatic N) is 1. The molecule has 112 valence electrons. The van der Waals surface area contributed by atoms with Gasteiger partial charge in [-0.1, -0.05) is 0 Å². The van der Waals surface area contributed by atoms with Crippen LogP contribution in [0.1, 0.15) is 35.2 Å². The van der Waals surface area contributed by atoms with E-state index in [9.17, 15) is 9.59 Å². The van der Waals surface area contributed by atoms with E-state index in [1.807, 2.05) is 18.2 Å². The van der Waals surface area contributed by atoms with E-state index in [0.29, 0.717) is 18.5 Å². The van der Waals surface area contributed by atoms with Gasteiger partial charge in [0.05, 0.1) is 7.11 Å². The lowest BCUT2D eigenvalue weighted by atomic mass is 10.00. The Labute approximate surface area is 124 Å². The van der Waals surface area contributed by atoms with Gasteiger partial charge >= 0.3 is 5.97 Å². The van der Waals surface area contributed by atoms with Crippen molar-refractivity contribution in [2.45, 2.75) is 31.7 Å². The molecule has 5 heteroatoms. The summed E-state index contributed by atoms with van der Waals surface area (Å²) < 4.78 is 4.84. The quantitative estimate of drug-likeness (QED) is 0.843. The van der Waals surface area contributed by atoms with Gasteiger partial charge in [0.15, 0.2) is 0 Å². The second kappa shape index (κ2) is 5.76. The van der Waals surface area contributed by atoms with Gasteiger partial charge in [0, 0.05) is 24.3 Å². The Kier molecular flexibility index (Phi) is 3.82. The van der Waals surface area contributed by atoms with Gasteiger partial charge in [-0.15, -0.1) is 0 Å². The molecule has 1 N–H and O–H groups in total. The first-order valence-corrected chi connectivity index (χ1v) is 7.46. The van der Waals surface area contributed by atoms with Gasteiger partial charge in [-0.3, -0.25) is 4.79 Å². The molecular formula is C16H20N2O3. The summed E-state index contributed by atoms with van der Waals surface area (Å²) in [6, 6.07) is 5.29. The van der Waals surface area contributed by atoms with Crippen LogP contribution in [0.3, 0.4) is 0 Å². The standard InChI is InChI=1S/C16H20N2O3/c1-21-16(20)14-4-2-3-9-18(14)15(19)12-5-6-13-11(10-12)7-8-17-13/h5-6,10,14,17H,2-4,7-9H2,1H3. The number of esters is 1. The lowest BCUT2D eigenvalue weighted by Gasteiger charge is -2.33. The molecule has 2 aliphatic heterocycles. The minimum Gasteiger partial charge on any atom is -0.467 e. The van der Waals surface area contributed by atoms with E-state index in [0.717, 1.165) is 31.5 Å². The van der Waals surface area contributed by atoms with Crippen molar-refractivity contribution in [3.63, 3.8) is 0 Å². The molecule has 2 aliphatic rings. The molecule has 0 saturated carbocycles. The number of piperidine rings is 1. The molecule has 0 aromatic heterocycles. The Balaban J connectivity index is 1.84. The largest absolute Gasteiger partial charge is 0.467 e. The maximum Gasteiger partial charge on any atom is 0.328 e. The number of carbonyl (C=O) groups is 2. The number of methoxy groups -OCH3 is 1. The Bertz CT molecular complexity index is 571. The minimum atomic E-state index is -0.442. The fraction of sp³-hybridized carbons (Fsp3) is 0.500. The van der Waals surface area contributed by atoms with Gasteiger partial charge < -0.3 is 15.0 Å². The van der Waals surface area contributed by atoms with E-state index in [4.69, 9.17) is 4.74 Å². The Morgan fingerprint density at radius 2 is 2.19 bits per heavy atom. The summed E-state index contributed by atoms with van der Waals surface area (Å²) in [6.45, 7) is 1.54. The predicted molar refractivity (Wildman–Crippen MR) is 79.3 cm³/mol. The maximum absolute atomic E-state index is 12.7. The molecule has 0 radical (unpaired) electrons. The van der Waals surface area contributed by atoms with Crippen LogP contribution in [0.5, 0.6) is 0 Å². The van der Waals surface area contributed by atoms with E-state index in [1.165, 1.54) is 12.7 Å². The van der Waals surface area contributed by atoms with Crippen LogP contribution in [-0.2, 0) is 16.0 Å². The second-order valence-corrected chi connectivity index (χ2v) is 5.58. The number of likely N-dealkylation sites (tertiary alicyclic amines) is 1. The van der Waals surface area contributed by atoms with Crippen molar-refractivity contribution in [2.75, 3.05) is 25.5 Å². The number of benzene rings is 1. The highest BCUT2D eigenvalue weighted by atomic mass is 16.5. The van der Waals surface area contributed by atoms with Crippen molar-refractivity contribution in [2.24, 2.45) is 0 Å². The first-order valence-electron chi connectivity index (χ1n) is 7.46. The molecular weight excluding hydrogens is 268 g/mol. The molecule has 1 aromatic carbocycles. The highest BCUT2D eigenvalue weighted by molar-refractivity contribution is 5.97. The molecule has 0 spiro atoms. The van der Waals surface area contributed by atoms with E-state index >= 15 is 0 Å². The van der Waals surface area contributed by atoms with Crippen LogP contribution < -0.4 is 5.32 Å². The summed E-state index contributed by atoms with van der Waals surface area (Å²) in [5.74, 6) is -0.384. The molecule has 1 unspecified atom stereocenters. The first-order chi connectivity index (χ1) is 10.2. The van der Waals surface area contributed by atoms with Gasteiger partial charge in [-0.2, -0.15) is 0 Å². The highest BCUT2D eigenvalue weighted by Gasteiger charge is 2.33. The summed E-state index contributed by atoms with van der Waals surface area (Å²) in [6.07, 6.45) is 3.52. The zero-order valence-electron chi connectivity index (χ0n) is 12.2. The molecule has 0 bridgehead atoms. The summed E-state index contributed by atoms with van der Waals surface area (Å²) in [5, 5.41) is 3.28. The number of hydrogen-bond acceptors (Lipinski definition) is 4. The molecule has 1 saturated heterocycles. The fourth-order valence-electron chi connectivity index (χ4n) is 3.16. The molecule has 1 amide bonds. The summed E-state index contributed by atoms with van der Waals surface area (Å²) >= 11 is 0. The molecule has 1 aromatic rings. The average molecular weight is 288 g/mol. The number of rotatable bonds is 2. The third-order valence-electron chi connectivity index (χ3n) is 4.30. The number of carbonyl (C=O) groups excluding carboxylic acids is 2. The van der Waals surface area contributed by atoms with E-state index < -0.39 is 6.04 Å². The summed E-state index contributed by atoms with van der Waals surface area (Å²) in [5.41, 5.74) is 2.94. The van der Waals surface area contributed by atoms with Crippen molar-refractivity contribution >= 4 is 17.6 Å². The molecule has 0 aliphatic carbocycles. The molecule has 3 rings (SSSR count). The van der Waals surface area contributed by atoms with Crippen LogP contribution in [0.15, 0.2) is 18.2 Å². The van der Waals surface area contributed by atoms with E-state index in [1.54, 1.807) is 4.90 Å². The Hall–Kier alpha value is -2.04. The Morgan fingerprint density at radius 1 is 1.33 bits per heavy atom. The summed E-state index contributed by atoms with van der Waals surface area (Å²) in [7, 11) is 1.38. The fourth-order valence-corrected chi connectivity index (χ4v) is 3.16. The summed E-state index contributed by atoms with van der Waals surface area (Å²) in [4.78, 5) is 26.3. The van der Waals surface area contributed by atoms with E-state index in [-0.39, 0.29) is 11.9 Å². The zero-order chi connectivity index (χ0) is 14.8. The normalized spacial score (nSPS) is 20.6. The van der Waals surface area contributed by atoms with Crippen molar-refractivity contribution < 1.29 is 14.3 Å². The number of fused-ring (bicyclic) bond motifs is 1. The van der Waals surface area contributed by atoms with Crippen molar-refractivity contribution in [1.29, 1.82) is 0 Å². The number of hydrogen-bond donors (Lipinski definition) is 1. The maximum atomic E-state index is 12.7. The SMILES string of the molecule is COC(=O)C1CCCCN1C(=O)c1ccc2c(c1)CCN2. The zero-order valence-corrected chi connectivity index (χ0v) is 12.2. The Morgan fingerprint density at radius 3 is 3.00 bits per heavy atom. The average Bonchev–Trinajstić information content (AvgIpc) is 3.01. The number of ether oxygens (including phenoxy) is 1. The number of amides is 1. The van der Waals surface area contributed by atoms with Crippen LogP contribution in [0, 0.1) is 0 Å². The predicted octanol–water partition coefficient (Wildman–Crippen LogP) is 1.82. The third kappa shape index (κ3) is 2.60. The van der Waals surface area contributed by atoms with Crippen LogP contribution in [0.4, 0.5) is 5.69 Å². The van der Waals surface area contributed by atoms with Crippen LogP contribution in [-0.4, -0.2) is 43.0 Å². The monoisotopic (exact) mass is 288 g/mol. The van der Waals surface area contributed by atoms with Gasteiger partial charge in [0.1, 0.15) is 6.04 Å². The second-order valence-electron chi connectivity index (χ2n) is 5.58. The third-order valence-corrected chi connectivity index (χ3v) is 4.30. The first kappa shape index (κ1) is 13.9. The van der Waals surface area contributed by atoms with Gasteiger partial charge in [0.25, 0.3) is 5.91 Å². The molecule has 1 atom stereocenters. The lowest BCUT2D eigenvalue weighted by Crippen LogP contribution is -2.48. The van der Waals surface area contributed by atoms with Crippen LogP contribution in [0.25, 0.3) is 0 Å². The lowest BCUT2D eigenvalue weighted by molar-refractivity contribution is -0.147. The molecule has 21 heavy (non-hydrogen) atoms. The van der Waals surface area contributed by atoms with Crippen molar-refractivity contribution in [3.05, 3.63) is 29.3 Å². The van der Waals surface area contributed by atoms with Crippen molar-refractivity contribution in [3.8, 4) is 0 Å². The van der Waals surface area contributed by atoms with Gasteiger partial charge in [-0.25, -0.2) is 4.79 Å². The minimum absolute atomic E-state index is 0.0696. The smallest absolute Gasteiger partial charge is 0.328 e. The number of anilines is 1. The van der Waals surface area contributed by atoms with Crippen LogP contribution >= 0.6 is 0 Å². The number of nitrogens with one attached hydrogen (secondary N) is 1. The molecule has 5 nitrogen and oxygen atoms in total. The topological polar surface area (TPSA) is 58.6 Å². The van der Waals surface area contributed by atoms with Crippen LogP contribution in [0.2, 0.25) is 0 Å². The van der Waals surface area contributed by atoms with Crippen molar-refractivity contribution in [1.82, 2.24) is 4.90 Å². The molecule has 1 fully saturated rings. The van der Waals surface area contributed by atoms with Gasteiger partial charge in [0.2, 0.25) is 0 Å². The molecule has 2 heterocycles. The highest BCUT2D eigenvalue weighted by Crippen LogP contribution is 2.26. The van der Waals surface area contributed by atoms with Gasteiger partial charge in [-0.05, 0) is 49.4 Å².